The predicted molar refractivity (Wildman–Crippen MR) is 122 cm³/mol. The van der Waals surface area contributed by atoms with E-state index in [-0.39, 0.29) is 24.0 Å². The summed E-state index contributed by atoms with van der Waals surface area (Å²) in [5.41, 5.74) is 0. The van der Waals surface area contributed by atoms with Gasteiger partial charge in [-0.3, -0.25) is 4.99 Å². The van der Waals surface area contributed by atoms with Crippen molar-refractivity contribution in [3.8, 4) is 0 Å². The lowest BCUT2D eigenvalue weighted by Crippen LogP contribution is -2.39. The Hall–Kier alpha value is -0.800. The number of ether oxygens (including phenoxy) is 1. The van der Waals surface area contributed by atoms with Gasteiger partial charge in [0, 0.05) is 26.2 Å². The molecule has 0 spiro atoms. The molecule has 0 saturated carbocycles. The van der Waals surface area contributed by atoms with Gasteiger partial charge < -0.3 is 24.7 Å². The van der Waals surface area contributed by atoms with Crippen LogP contribution in [0.5, 0.6) is 0 Å². The number of rotatable bonds is 11. The van der Waals surface area contributed by atoms with Crippen molar-refractivity contribution in [3.05, 3.63) is 24.2 Å². The molecule has 2 N–H and O–H groups in total. The maximum atomic E-state index is 5.59. The second-order valence-electron chi connectivity index (χ2n) is 6.84. The molecule has 0 aliphatic carbocycles. The van der Waals surface area contributed by atoms with Crippen LogP contribution in [0, 0.1) is 5.92 Å². The zero-order valence-electron chi connectivity index (χ0n) is 16.9. The van der Waals surface area contributed by atoms with Crippen molar-refractivity contribution in [3.63, 3.8) is 0 Å². The quantitative estimate of drug-likeness (QED) is 0.214. The Labute approximate surface area is 181 Å². The summed E-state index contributed by atoms with van der Waals surface area (Å²) in [5, 5.41) is 6.80. The van der Waals surface area contributed by atoms with E-state index < -0.39 is 0 Å². The Morgan fingerprint density at radius 3 is 2.78 bits per heavy atom. The molecule has 0 aromatic carbocycles. The van der Waals surface area contributed by atoms with Gasteiger partial charge in [0.1, 0.15) is 12.4 Å². The van der Waals surface area contributed by atoms with E-state index in [1.165, 1.54) is 38.9 Å². The molecule has 7 heteroatoms. The van der Waals surface area contributed by atoms with Crippen LogP contribution >= 0.6 is 24.0 Å². The highest BCUT2D eigenvalue weighted by Crippen LogP contribution is 2.19. The minimum atomic E-state index is 0. The fourth-order valence-electron chi connectivity index (χ4n) is 3.25. The van der Waals surface area contributed by atoms with E-state index in [0.717, 1.165) is 43.7 Å². The maximum absolute atomic E-state index is 5.59. The van der Waals surface area contributed by atoms with Crippen LogP contribution in [-0.2, 0) is 11.3 Å². The molecule has 0 amide bonds. The first-order valence-electron chi connectivity index (χ1n) is 10.2. The summed E-state index contributed by atoms with van der Waals surface area (Å²) in [6.45, 7) is 11.9. The Kier molecular flexibility index (Phi) is 13.6. The van der Waals surface area contributed by atoms with Gasteiger partial charge >= 0.3 is 0 Å². The number of halogens is 1. The summed E-state index contributed by atoms with van der Waals surface area (Å²) < 4.78 is 10.8. The van der Waals surface area contributed by atoms with E-state index in [2.05, 4.69) is 34.4 Å². The van der Waals surface area contributed by atoms with Crippen LogP contribution in [0.25, 0.3) is 0 Å². The average Bonchev–Trinajstić information content (AvgIpc) is 3.18. The highest BCUT2D eigenvalue weighted by Gasteiger charge is 2.17. The van der Waals surface area contributed by atoms with Gasteiger partial charge in [-0.15, -0.1) is 24.0 Å². The lowest BCUT2D eigenvalue weighted by molar-refractivity contribution is 0.105. The lowest BCUT2D eigenvalue weighted by atomic mass is 9.93. The first-order chi connectivity index (χ1) is 12.8. The standard InChI is InChI=1S/C20H36N4O2.HI/c1-3-21-20(22-11-6-15-25-17-19-7-5-16-26-19)23-12-8-18-9-13-24(4-2)14-10-18;/h5,7,16,18H,3-4,6,8-15,17H2,1-2H3,(H2,21,22,23);1H. The highest BCUT2D eigenvalue weighted by atomic mass is 127. The van der Waals surface area contributed by atoms with Crippen LogP contribution in [0.4, 0.5) is 0 Å². The molecular weight excluding hydrogens is 455 g/mol. The Morgan fingerprint density at radius 1 is 1.30 bits per heavy atom. The third kappa shape index (κ3) is 10.4. The lowest BCUT2D eigenvalue weighted by Gasteiger charge is -2.31. The number of hydrogen-bond acceptors (Lipinski definition) is 4. The number of furan rings is 1. The van der Waals surface area contributed by atoms with Gasteiger partial charge in [-0.2, -0.15) is 0 Å². The molecule has 1 aromatic heterocycles. The van der Waals surface area contributed by atoms with Crippen LogP contribution in [-0.4, -0.2) is 56.7 Å². The van der Waals surface area contributed by atoms with Gasteiger partial charge in [0.05, 0.1) is 6.26 Å². The zero-order valence-corrected chi connectivity index (χ0v) is 19.2. The molecule has 0 unspecified atom stereocenters. The molecule has 27 heavy (non-hydrogen) atoms. The summed E-state index contributed by atoms with van der Waals surface area (Å²) in [4.78, 5) is 7.18. The van der Waals surface area contributed by atoms with Gasteiger partial charge in [0.2, 0.25) is 0 Å². The Balaban J connectivity index is 0.00000364. The van der Waals surface area contributed by atoms with Gasteiger partial charge in [0.25, 0.3) is 0 Å². The number of nitrogens with one attached hydrogen (secondary N) is 2. The molecule has 0 radical (unpaired) electrons. The average molecular weight is 492 g/mol. The van der Waals surface area contributed by atoms with E-state index in [1.807, 2.05) is 12.1 Å². The Morgan fingerprint density at radius 2 is 2.11 bits per heavy atom. The number of piperidine rings is 1. The zero-order chi connectivity index (χ0) is 18.5. The normalized spacial score (nSPS) is 16.1. The third-order valence-electron chi connectivity index (χ3n) is 4.88. The molecule has 6 nitrogen and oxygen atoms in total. The van der Waals surface area contributed by atoms with E-state index in [9.17, 15) is 0 Å². The van der Waals surface area contributed by atoms with Crippen molar-refractivity contribution in [2.75, 3.05) is 45.9 Å². The van der Waals surface area contributed by atoms with Crippen LogP contribution in [0.3, 0.4) is 0 Å². The molecule has 2 heterocycles. The molecule has 1 fully saturated rings. The monoisotopic (exact) mass is 492 g/mol. The first kappa shape index (κ1) is 24.2. The van der Waals surface area contributed by atoms with Crippen molar-refractivity contribution in [2.24, 2.45) is 10.9 Å². The summed E-state index contributed by atoms with van der Waals surface area (Å²) in [7, 11) is 0. The van der Waals surface area contributed by atoms with Crippen LogP contribution in [0.2, 0.25) is 0 Å². The molecule has 1 aliphatic rings. The number of nitrogens with zero attached hydrogens (tertiary/aromatic N) is 2. The number of aliphatic imine (C=N–C) groups is 1. The van der Waals surface area contributed by atoms with Crippen LogP contribution in [0.15, 0.2) is 27.8 Å². The second kappa shape index (κ2) is 15.2. The molecule has 2 rings (SSSR count). The SMILES string of the molecule is CCNC(=NCCCOCc1ccco1)NCCC1CCN(CC)CC1.I. The molecular formula is C20H37IN4O2. The topological polar surface area (TPSA) is 62.0 Å². The fourth-order valence-corrected chi connectivity index (χ4v) is 3.25. The number of likely N-dealkylation sites (tertiary alicyclic amines) is 1. The number of hydrogen-bond donors (Lipinski definition) is 2. The summed E-state index contributed by atoms with van der Waals surface area (Å²) in [5.74, 6) is 2.64. The largest absolute Gasteiger partial charge is 0.467 e. The van der Waals surface area contributed by atoms with Crippen LogP contribution < -0.4 is 10.6 Å². The minimum Gasteiger partial charge on any atom is -0.467 e. The number of guanidine groups is 1. The van der Waals surface area contributed by atoms with Crippen LogP contribution in [0.1, 0.15) is 45.3 Å². The summed E-state index contributed by atoms with van der Waals surface area (Å²) >= 11 is 0. The van der Waals surface area contributed by atoms with Gasteiger partial charge in [-0.05, 0) is 70.3 Å². The predicted octanol–water partition coefficient (Wildman–Crippen LogP) is 3.48. The van der Waals surface area contributed by atoms with E-state index >= 15 is 0 Å². The Bertz CT molecular complexity index is 488. The minimum absolute atomic E-state index is 0. The molecule has 1 aromatic rings. The third-order valence-corrected chi connectivity index (χ3v) is 4.88. The molecule has 1 aliphatic heterocycles. The van der Waals surface area contributed by atoms with Crippen molar-refractivity contribution in [1.29, 1.82) is 0 Å². The molecule has 0 atom stereocenters. The van der Waals surface area contributed by atoms with E-state index in [0.29, 0.717) is 13.2 Å². The van der Waals surface area contributed by atoms with Crippen molar-refractivity contribution in [1.82, 2.24) is 15.5 Å². The van der Waals surface area contributed by atoms with Gasteiger partial charge in [0.15, 0.2) is 5.96 Å². The summed E-state index contributed by atoms with van der Waals surface area (Å²) in [6, 6.07) is 3.81. The van der Waals surface area contributed by atoms with Crippen molar-refractivity contribution in [2.45, 2.75) is 46.1 Å². The second-order valence-corrected chi connectivity index (χ2v) is 6.84. The molecule has 0 bridgehead atoms. The first-order valence-corrected chi connectivity index (χ1v) is 10.2. The molecule has 156 valence electrons. The van der Waals surface area contributed by atoms with Gasteiger partial charge in [-0.1, -0.05) is 6.92 Å². The van der Waals surface area contributed by atoms with E-state index in [4.69, 9.17) is 9.15 Å². The highest BCUT2D eigenvalue weighted by molar-refractivity contribution is 14.0. The summed E-state index contributed by atoms with van der Waals surface area (Å²) in [6.07, 6.45) is 6.47. The van der Waals surface area contributed by atoms with Crippen molar-refractivity contribution >= 4 is 29.9 Å². The fraction of sp³-hybridized carbons (Fsp3) is 0.750. The van der Waals surface area contributed by atoms with E-state index in [1.54, 1.807) is 6.26 Å². The smallest absolute Gasteiger partial charge is 0.191 e. The maximum Gasteiger partial charge on any atom is 0.191 e. The molecule has 1 saturated heterocycles. The van der Waals surface area contributed by atoms with Crippen molar-refractivity contribution < 1.29 is 9.15 Å². The van der Waals surface area contributed by atoms with Gasteiger partial charge in [-0.25, -0.2) is 0 Å².